The highest BCUT2D eigenvalue weighted by Gasteiger charge is 1.88. The Bertz CT molecular complexity index is 199. The molecule has 0 saturated carbocycles. The highest BCUT2D eigenvalue weighted by Crippen LogP contribution is 1.94. The van der Waals surface area contributed by atoms with Gasteiger partial charge in [-0.1, -0.05) is 6.42 Å². The fraction of sp³-hybridized carbons (Fsp3) is 0.833. The van der Waals surface area contributed by atoms with E-state index in [1.807, 2.05) is 0 Å². The monoisotopic (exact) mass is 193 g/mol. The Morgan fingerprint density at radius 3 is 2.55 bits per heavy atom. The quantitative estimate of drug-likeness (QED) is 0.295. The molecule has 0 saturated heterocycles. The van der Waals surface area contributed by atoms with Crippen molar-refractivity contribution in [1.29, 1.82) is 0 Å². The van der Waals surface area contributed by atoms with Gasteiger partial charge in [-0.25, -0.2) is 13.4 Å². The molecule has 0 amide bonds. The molecule has 0 aromatic carbocycles. The second kappa shape index (κ2) is 7.85. The molecule has 0 spiro atoms. The fourth-order valence-electron chi connectivity index (χ4n) is 0.654. The van der Waals surface area contributed by atoms with Gasteiger partial charge in [-0.15, -0.1) is 0 Å². The highest BCUT2D eigenvalue weighted by atomic mass is 32.2. The summed E-state index contributed by atoms with van der Waals surface area (Å²) >= 11 is 4.36. The molecule has 3 nitrogen and oxygen atoms in total. The van der Waals surface area contributed by atoms with Gasteiger partial charge in [0.25, 0.3) is 0 Å². The summed E-state index contributed by atoms with van der Waals surface area (Å²) in [5.41, 5.74) is 0. The number of thiocarbonyl (C=S) groups is 1. The first-order chi connectivity index (χ1) is 5.27. The Hall–Kier alpha value is -0.250. The van der Waals surface area contributed by atoms with Gasteiger partial charge in [0.2, 0.25) is 0 Å². The van der Waals surface area contributed by atoms with Gasteiger partial charge >= 0.3 is 0 Å². The highest BCUT2D eigenvalue weighted by molar-refractivity contribution is 7.78. The fourth-order valence-corrected chi connectivity index (χ4v) is 1.23. The second-order valence-electron chi connectivity index (χ2n) is 2.09. The van der Waals surface area contributed by atoms with Crippen LogP contribution in [-0.4, -0.2) is 25.9 Å². The van der Waals surface area contributed by atoms with E-state index in [2.05, 4.69) is 22.4 Å². The van der Waals surface area contributed by atoms with Crippen LogP contribution in [0.1, 0.15) is 19.3 Å². The molecular formula is C6H11NO2S2. The Morgan fingerprint density at radius 1 is 1.27 bits per heavy atom. The molecule has 0 aromatic heterocycles. The molecule has 0 aromatic rings. The zero-order valence-electron chi connectivity index (χ0n) is 6.15. The van der Waals surface area contributed by atoms with E-state index in [1.165, 1.54) is 0 Å². The predicted octanol–water partition coefficient (Wildman–Crippen LogP) is 0.871. The number of hydrogen-bond donors (Lipinski definition) is 1. The SMILES string of the molecule is O=[SH](=O)CCCCCN=C=S. The molecule has 0 radical (unpaired) electrons. The molecule has 11 heavy (non-hydrogen) atoms. The summed E-state index contributed by atoms with van der Waals surface area (Å²) in [7, 11) is -2.19. The Balaban J connectivity index is 3.08. The number of nitrogens with zero attached hydrogens (tertiary/aromatic N) is 1. The van der Waals surface area contributed by atoms with E-state index in [4.69, 9.17) is 0 Å². The number of aliphatic imine (C=N–C) groups is 1. The van der Waals surface area contributed by atoms with E-state index in [0.717, 1.165) is 19.3 Å². The maximum absolute atomic E-state index is 10.1. The summed E-state index contributed by atoms with van der Waals surface area (Å²) in [5, 5.41) is 2.26. The number of rotatable bonds is 6. The van der Waals surface area contributed by atoms with E-state index in [-0.39, 0.29) is 5.75 Å². The van der Waals surface area contributed by atoms with E-state index < -0.39 is 10.7 Å². The average Bonchev–Trinajstić information content (AvgIpc) is 1.96. The summed E-state index contributed by atoms with van der Waals surface area (Å²) in [6.45, 7) is 0.666. The number of hydrogen-bond acceptors (Lipinski definition) is 4. The summed E-state index contributed by atoms with van der Waals surface area (Å²) in [4.78, 5) is 3.70. The van der Waals surface area contributed by atoms with Crippen LogP contribution in [0, 0.1) is 0 Å². The van der Waals surface area contributed by atoms with Crippen molar-refractivity contribution in [2.24, 2.45) is 4.99 Å². The molecule has 5 heteroatoms. The van der Waals surface area contributed by atoms with Crippen molar-refractivity contribution in [2.45, 2.75) is 19.3 Å². The van der Waals surface area contributed by atoms with Gasteiger partial charge < -0.3 is 0 Å². The first-order valence-corrected chi connectivity index (χ1v) is 5.20. The molecule has 0 bridgehead atoms. The molecule has 64 valence electrons. The maximum atomic E-state index is 10.1. The third-order valence-corrected chi connectivity index (χ3v) is 1.99. The van der Waals surface area contributed by atoms with Crippen molar-refractivity contribution >= 4 is 28.1 Å². The van der Waals surface area contributed by atoms with Crippen molar-refractivity contribution in [1.82, 2.24) is 0 Å². The van der Waals surface area contributed by atoms with Gasteiger partial charge in [0.15, 0.2) is 0 Å². The molecule has 0 heterocycles. The molecular weight excluding hydrogens is 182 g/mol. The minimum atomic E-state index is -2.19. The van der Waals surface area contributed by atoms with Gasteiger partial charge in [-0.2, -0.15) is 0 Å². The van der Waals surface area contributed by atoms with Crippen LogP contribution in [-0.2, 0) is 10.7 Å². The van der Waals surface area contributed by atoms with E-state index in [9.17, 15) is 8.42 Å². The summed E-state index contributed by atoms with van der Waals surface area (Å²) in [6, 6.07) is 0. The number of thiol groups is 1. The van der Waals surface area contributed by atoms with Gasteiger partial charge in [-0.05, 0) is 25.1 Å². The molecule has 0 aliphatic carbocycles. The van der Waals surface area contributed by atoms with Crippen LogP contribution in [0.5, 0.6) is 0 Å². The molecule has 0 aliphatic heterocycles. The van der Waals surface area contributed by atoms with Gasteiger partial charge in [0.1, 0.15) is 10.7 Å². The molecule has 0 N–H and O–H groups in total. The lowest BCUT2D eigenvalue weighted by atomic mass is 10.2. The standard InChI is InChI=1S/C6H11NO2S2/c8-11(9)5-3-1-2-4-7-6-10/h11H,1-5H2. The molecule has 0 fully saturated rings. The van der Waals surface area contributed by atoms with E-state index in [0.29, 0.717) is 6.54 Å². The van der Waals surface area contributed by atoms with Crippen LogP contribution < -0.4 is 0 Å². The number of isothiocyanates is 1. The third kappa shape index (κ3) is 9.75. The Kier molecular flexibility index (Phi) is 7.67. The van der Waals surface area contributed by atoms with Crippen LogP contribution in [0.2, 0.25) is 0 Å². The summed E-state index contributed by atoms with van der Waals surface area (Å²) in [6.07, 6.45) is 2.52. The van der Waals surface area contributed by atoms with Gasteiger partial charge in [0.05, 0.1) is 5.16 Å². The van der Waals surface area contributed by atoms with Crippen molar-refractivity contribution in [3.63, 3.8) is 0 Å². The molecule has 0 atom stereocenters. The van der Waals surface area contributed by atoms with E-state index in [1.54, 1.807) is 0 Å². The molecule has 0 aliphatic rings. The minimum absolute atomic E-state index is 0.288. The average molecular weight is 193 g/mol. The lowest BCUT2D eigenvalue weighted by molar-refractivity contribution is 0.608. The zero-order valence-corrected chi connectivity index (χ0v) is 7.87. The summed E-state index contributed by atoms with van der Waals surface area (Å²) in [5.74, 6) is 0.288. The maximum Gasteiger partial charge on any atom is 0.140 e. The van der Waals surface area contributed by atoms with Gasteiger partial charge in [0, 0.05) is 12.3 Å². The normalized spacial score (nSPS) is 9.55. The Morgan fingerprint density at radius 2 is 2.00 bits per heavy atom. The molecule has 0 unspecified atom stereocenters. The van der Waals surface area contributed by atoms with Crippen LogP contribution in [0.25, 0.3) is 0 Å². The first kappa shape index (κ1) is 10.8. The van der Waals surface area contributed by atoms with E-state index >= 15 is 0 Å². The van der Waals surface area contributed by atoms with Crippen molar-refractivity contribution in [3.8, 4) is 0 Å². The predicted molar refractivity (Wildman–Crippen MR) is 48.9 cm³/mol. The third-order valence-electron chi connectivity index (χ3n) is 1.18. The minimum Gasteiger partial charge on any atom is -0.233 e. The van der Waals surface area contributed by atoms with Crippen molar-refractivity contribution in [2.75, 3.05) is 12.3 Å². The van der Waals surface area contributed by atoms with Crippen molar-refractivity contribution < 1.29 is 8.42 Å². The zero-order chi connectivity index (χ0) is 8.53. The second-order valence-corrected chi connectivity index (χ2v) is 3.39. The van der Waals surface area contributed by atoms with Crippen LogP contribution >= 0.6 is 12.2 Å². The van der Waals surface area contributed by atoms with Gasteiger partial charge in [-0.3, -0.25) is 0 Å². The smallest absolute Gasteiger partial charge is 0.140 e. The largest absolute Gasteiger partial charge is 0.233 e. The van der Waals surface area contributed by atoms with Crippen LogP contribution in [0.15, 0.2) is 4.99 Å². The topological polar surface area (TPSA) is 46.5 Å². The van der Waals surface area contributed by atoms with Crippen LogP contribution in [0.4, 0.5) is 0 Å². The lowest BCUT2D eigenvalue weighted by Gasteiger charge is -1.91. The summed E-state index contributed by atoms with van der Waals surface area (Å²) < 4.78 is 20.1. The Labute approximate surface area is 73.5 Å². The molecule has 0 rings (SSSR count). The first-order valence-electron chi connectivity index (χ1n) is 3.43. The lowest BCUT2D eigenvalue weighted by Crippen LogP contribution is -1.88. The number of unbranched alkanes of at least 4 members (excludes halogenated alkanes) is 2. The van der Waals surface area contributed by atoms with Crippen molar-refractivity contribution in [3.05, 3.63) is 0 Å². The van der Waals surface area contributed by atoms with Crippen LogP contribution in [0.3, 0.4) is 0 Å².